The van der Waals surface area contributed by atoms with Crippen LogP contribution in [0.25, 0.3) is 4.96 Å². The van der Waals surface area contributed by atoms with E-state index in [0.717, 1.165) is 0 Å². The summed E-state index contributed by atoms with van der Waals surface area (Å²) in [5.41, 5.74) is 2.33. The zero-order valence-electron chi connectivity index (χ0n) is 9.87. The molecule has 1 fully saturated rings. The van der Waals surface area contributed by atoms with Gasteiger partial charge in [-0.15, -0.1) is 11.3 Å². The number of aromatic nitrogens is 2. The Morgan fingerprint density at radius 1 is 1.58 bits per heavy atom. The highest BCUT2D eigenvalue weighted by atomic mass is 32.2. The van der Waals surface area contributed by atoms with Crippen molar-refractivity contribution in [1.82, 2.24) is 14.1 Å². The molecule has 1 aliphatic rings. The minimum absolute atomic E-state index is 0.0261. The van der Waals surface area contributed by atoms with E-state index in [1.165, 1.54) is 15.7 Å². The first kappa shape index (κ1) is 12.8. The third kappa shape index (κ3) is 2.21. The maximum atomic E-state index is 12.4. The molecule has 1 saturated heterocycles. The molecule has 0 aromatic carbocycles. The number of nitrogens with one attached hydrogen (secondary N) is 2. The van der Waals surface area contributed by atoms with Gasteiger partial charge in [0.1, 0.15) is 0 Å². The summed E-state index contributed by atoms with van der Waals surface area (Å²) in [5.74, 6) is 5.48. The van der Waals surface area contributed by atoms with Gasteiger partial charge in [-0.2, -0.15) is 4.98 Å². The highest BCUT2D eigenvalue weighted by Crippen LogP contribution is 2.25. The van der Waals surface area contributed by atoms with E-state index in [4.69, 9.17) is 10.6 Å². The number of imidazole rings is 1. The Labute approximate surface area is 113 Å². The van der Waals surface area contributed by atoms with Gasteiger partial charge in [-0.1, -0.05) is 0 Å². The van der Waals surface area contributed by atoms with Gasteiger partial charge < -0.3 is 10.2 Å². The average Bonchev–Trinajstić information content (AvgIpc) is 3.01. The van der Waals surface area contributed by atoms with Crippen LogP contribution in [-0.2, 0) is 14.8 Å². The number of thiazole rings is 1. The molecule has 0 spiro atoms. The molecule has 2 aromatic rings. The van der Waals surface area contributed by atoms with Gasteiger partial charge in [0, 0.05) is 24.2 Å². The number of hydrogen-bond donors (Lipinski definition) is 3. The second kappa shape index (κ2) is 4.72. The number of nitrogens with zero attached hydrogens (tertiary/aromatic N) is 2. The van der Waals surface area contributed by atoms with Crippen molar-refractivity contribution in [1.29, 1.82) is 0 Å². The summed E-state index contributed by atoms with van der Waals surface area (Å²) in [4.78, 5) is 4.69. The van der Waals surface area contributed by atoms with Crippen LogP contribution in [0, 0.1) is 0 Å². The Bertz CT molecular complexity index is 686. The Morgan fingerprint density at radius 3 is 3.11 bits per heavy atom. The topological polar surface area (TPSA) is 111 Å². The number of sulfonamides is 1. The lowest BCUT2D eigenvalue weighted by Gasteiger charge is -2.11. The van der Waals surface area contributed by atoms with E-state index in [1.54, 1.807) is 11.6 Å². The third-order valence-electron chi connectivity index (χ3n) is 2.86. The number of hydrogen-bond acceptors (Lipinski definition) is 7. The van der Waals surface area contributed by atoms with E-state index in [-0.39, 0.29) is 16.9 Å². The molecule has 1 unspecified atom stereocenters. The number of ether oxygens (including phenoxy) is 1. The summed E-state index contributed by atoms with van der Waals surface area (Å²) in [5, 5.41) is 1.79. The van der Waals surface area contributed by atoms with Crippen LogP contribution < -0.4 is 16.0 Å². The number of hydrazine groups is 1. The Kier molecular flexibility index (Phi) is 3.19. The second-order valence-corrected chi connectivity index (χ2v) is 6.65. The first-order valence-corrected chi connectivity index (χ1v) is 8.00. The van der Waals surface area contributed by atoms with E-state index in [1.807, 2.05) is 0 Å². The van der Waals surface area contributed by atoms with Crippen LogP contribution in [0.1, 0.15) is 6.42 Å². The molecule has 3 rings (SSSR count). The smallest absolute Gasteiger partial charge is 0.260 e. The molecule has 0 bridgehead atoms. The SMILES string of the molecule is NNc1nc2sccn2c1S(=O)(=O)NC1CCOC1. The molecule has 0 radical (unpaired) electrons. The summed E-state index contributed by atoms with van der Waals surface area (Å²) in [6.07, 6.45) is 2.31. The van der Waals surface area contributed by atoms with Gasteiger partial charge in [-0.25, -0.2) is 19.0 Å². The monoisotopic (exact) mass is 303 g/mol. The van der Waals surface area contributed by atoms with Crippen molar-refractivity contribution in [2.24, 2.45) is 5.84 Å². The predicted octanol–water partition coefficient (Wildman–Crippen LogP) is -0.251. The zero-order valence-corrected chi connectivity index (χ0v) is 11.5. The number of rotatable bonds is 4. The Morgan fingerprint density at radius 2 is 2.42 bits per heavy atom. The predicted molar refractivity (Wildman–Crippen MR) is 70.4 cm³/mol. The molecule has 104 valence electrons. The summed E-state index contributed by atoms with van der Waals surface area (Å²) in [6.45, 7) is 0.950. The number of anilines is 1. The van der Waals surface area contributed by atoms with Gasteiger partial charge in [0.25, 0.3) is 10.0 Å². The lowest BCUT2D eigenvalue weighted by Crippen LogP contribution is -2.36. The average molecular weight is 303 g/mol. The highest BCUT2D eigenvalue weighted by Gasteiger charge is 2.29. The fourth-order valence-electron chi connectivity index (χ4n) is 2.02. The first-order valence-electron chi connectivity index (χ1n) is 5.64. The van der Waals surface area contributed by atoms with Crippen LogP contribution in [0.2, 0.25) is 0 Å². The highest BCUT2D eigenvalue weighted by molar-refractivity contribution is 7.89. The molecule has 19 heavy (non-hydrogen) atoms. The van der Waals surface area contributed by atoms with Gasteiger partial charge in [0.2, 0.25) is 5.03 Å². The molecular weight excluding hydrogens is 290 g/mol. The molecule has 0 saturated carbocycles. The lowest BCUT2D eigenvalue weighted by atomic mass is 10.3. The quantitative estimate of drug-likeness (QED) is 0.530. The van der Waals surface area contributed by atoms with Gasteiger partial charge >= 0.3 is 0 Å². The van der Waals surface area contributed by atoms with Gasteiger partial charge in [-0.3, -0.25) is 4.40 Å². The Hall–Kier alpha value is -1.20. The van der Waals surface area contributed by atoms with Crippen molar-refractivity contribution in [2.45, 2.75) is 17.5 Å². The molecule has 10 heteroatoms. The molecule has 2 aromatic heterocycles. The first-order chi connectivity index (χ1) is 9.12. The molecule has 1 aliphatic heterocycles. The summed E-state index contributed by atoms with van der Waals surface area (Å²) in [7, 11) is -3.70. The summed E-state index contributed by atoms with van der Waals surface area (Å²) in [6, 6.07) is -0.209. The fraction of sp³-hybridized carbons (Fsp3) is 0.444. The van der Waals surface area contributed by atoms with Crippen molar-refractivity contribution >= 4 is 32.1 Å². The van der Waals surface area contributed by atoms with Crippen LogP contribution in [0.4, 0.5) is 5.82 Å². The molecule has 8 nitrogen and oxygen atoms in total. The number of nitrogen functional groups attached to an aromatic ring is 1. The van der Waals surface area contributed by atoms with Gasteiger partial charge in [0.05, 0.1) is 6.61 Å². The molecule has 0 aliphatic carbocycles. The standard InChI is InChI=1S/C9H13N5O3S2/c10-12-7-8(14-2-4-18-9(14)11-7)19(15,16)13-6-1-3-17-5-6/h2,4,6,12-13H,1,3,5,10H2. The van der Waals surface area contributed by atoms with E-state index >= 15 is 0 Å². The molecule has 3 heterocycles. The molecular formula is C9H13N5O3S2. The normalized spacial score (nSPS) is 20.2. The second-order valence-electron chi connectivity index (χ2n) is 4.15. The number of fused-ring (bicyclic) bond motifs is 1. The maximum Gasteiger partial charge on any atom is 0.260 e. The van der Waals surface area contributed by atoms with E-state index in [0.29, 0.717) is 24.6 Å². The van der Waals surface area contributed by atoms with Crippen molar-refractivity contribution < 1.29 is 13.2 Å². The summed E-state index contributed by atoms with van der Waals surface area (Å²) >= 11 is 1.34. The largest absolute Gasteiger partial charge is 0.380 e. The Balaban J connectivity index is 2.03. The van der Waals surface area contributed by atoms with Crippen molar-refractivity contribution in [3.05, 3.63) is 11.6 Å². The van der Waals surface area contributed by atoms with E-state index in [2.05, 4.69) is 15.1 Å². The lowest BCUT2D eigenvalue weighted by molar-refractivity contribution is 0.192. The zero-order chi connectivity index (χ0) is 13.5. The molecule has 4 N–H and O–H groups in total. The third-order valence-corrected chi connectivity index (χ3v) is 5.16. The molecule has 1 atom stereocenters. The van der Waals surface area contributed by atoms with Crippen LogP contribution >= 0.6 is 11.3 Å². The number of nitrogens with two attached hydrogens (primary N) is 1. The fourth-order valence-corrected chi connectivity index (χ4v) is 4.29. The maximum absolute atomic E-state index is 12.4. The van der Waals surface area contributed by atoms with Crippen molar-refractivity contribution in [2.75, 3.05) is 18.6 Å². The van der Waals surface area contributed by atoms with Crippen molar-refractivity contribution in [3.63, 3.8) is 0 Å². The van der Waals surface area contributed by atoms with Crippen LogP contribution in [-0.4, -0.2) is 37.1 Å². The van der Waals surface area contributed by atoms with Crippen molar-refractivity contribution in [3.8, 4) is 0 Å². The molecule has 0 amide bonds. The summed E-state index contributed by atoms with van der Waals surface area (Å²) < 4.78 is 34.1. The van der Waals surface area contributed by atoms with E-state index < -0.39 is 10.0 Å². The van der Waals surface area contributed by atoms with Crippen LogP contribution in [0.5, 0.6) is 0 Å². The van der Waals surface area contributed by atoms with Gasteiger partial charge in [-0.05, 0) is 6.42 Å². The van der Waals surface area contributed by atoms with Crippen LogP contribution in [0.15, 0.2) is 16.6 Å². The minimum Gasteiger partial charge on any atom is -0.380 e. The van der Waals surface area contributed by atoms with Crippen LogP contribution in [0.3, 0.4) is 0 Å². The van der Waals surface area contributed by atoms with Gasteiger partial charge in [0.15, 0.2) is 10.8 Å². The van der Waals surface area contributed by atoms with E-state index in [9.17, 15) is 8.42 Å². The minimum atomic E-state index is -3.70.